The van der Waals surface area contributed by atoms with Crippen LogP contribution >= 0.6 is 0 Å². The monoisotopic (exact) mass is 269 g/mol. The second-order valence-electron chi connectivity index (χ2n) is 5.03. The lowest BCUT2D eigenvalue weighted by Gasteiger charge is -2.11. The number of ether oxygens (including phenoxy) is 1. The highest BCUT2D eigenvalue weighted by Crippen LogP contribution is 2.45. The van der Waals surface area contributed by atoms with Crippen molar-refractivity contribution in [2.24, 2.45) is 17.8 Å². The molecular weight excluding hydrogens is 250 g/mol. The highest BCUT2D eigenvalue weighted by molar-refractivity contribution is 5.69. The Morgan fingerprint density at radius 3 is 3.11 bits per heavy atom. The molecule has 2 aliphatic rings. The van der Waals surface area contributed by atoms with Gasteiger partial charge in [-0.3, -0.25) is 15.1 Å². The standard InChI is InChI=1S/C13H19NO5/c1-18-13(17)2-3-19-14-9-4-8-5-12(16)11(7-15)10(8)6-9/h6-8,10-12,14,16H,2-5H2,1H3/t8-,10-,11-,12-/m1/s1. The molecule has 0 aromatic carbocycles. The summed E-state index contributed by atoms with van der Waals surface area (Å²) in [6, 6.07) is 0. The minimum Gasteiger partial charge on any atom is -0.469 e. The normalized spacial score (nSPS) is 32.6. The molecule has 19 heavy (non-hydrogen) atoms. The lowest BCUT2D eigenvalue weighted by atomic mass is 9.93. The molecule has 1 fully saturated rings. The molecular formula is C13H19NO5. The van der Waals surface area contributed by atoms with Gasteiger partial charge in [-0.2, -0.15) is 0 Å². The molecule has 0 saturated heterocycles. The maximum atomic E-state index is 10.9. The average molecular weight is 269 g/mol. The van der Waals surface area contributed by atoms with Crippen molar-refractivity contribution in [3.8, 4) is 0 Å². The van der Waals surface area contributed by atoms with Gasteiger partial charge < -0.3 is 14.6 Å². The first-order chi connectivity index (χ1) is 9.15. The first-order valence-electron chi connectivity index (χ1n) is 6.44. The van der Waals surface area contributed by atoms with E-state index in [-0.39, 0.29) is 30.8 Å². The van der Waals surface area contributed by atoms with Crippen LogP contribution < -0.4 is 5.48 Å². The van der Waals surface area contributed by atoms with Crippen molar-refractivity contribution < 1.29 is 24.3 Å². The Morgan fingerprint density at radius 2 is 2.42 bits per heavy atom. The second kappa shape index (κ2) is 6.16. The molecule has 0 aliphatic heterocycles. The summed E-state index contributed by atoms with van der Waals surface area (Å²) in [4.78, 5) is 27.0. The van der Waals surface area contributed by atoms with Crippen LogP contribution in [0.2, 0.25) is 0 Å². The SMILES string of the molecule is COC(=O)CCONC1=C[C@@H]2[C@H](C1)C[C@@H](O)[C@@H]2C=O. The fourth-order valence-corrected chi connectivity index (χ4v) is 2.88. The number of aliphatic hydroxyl groups excluding tert-OH is 1. The van der Waals surface area contributed by atoms with Gasteiger partial charge in [-0.05, 0) is 24.7 Å². The van der Waals surface area contributed by atoms with E-state index in [1.165, 1.54) is 7.11 Å². The Balaban J connectivity index is 1.76. The predicted molar refractivity (Wildman–Crippen MR) is 65.6 cm³/mol. The van der Waals surface area contributed by atoms with Gasteiger partial charge in [-0.25, -0.2) is 0 Å². The Hall–Kier alpha value is -1.40. The zero-order valence-electron chi connectivity index (χ0n) is 10.9. The predicted octanol–water partition coefficient (Wildman–Crippen LogP) is 0.170. The third-order valence-corrected chi connectivity index (χ3v) is 3.85. The first kappa shape index (κ1) is 14.0. The summed E-state index contributed by atoms with van der Waals surface area (Å²) in [5.74, 6) is -0.223. The van der Waals surface area contributed by atoms with Gasteiger partial charge in [0.15, 0.2) is 0 Å². The van der Waals surface area contributed by atoms with E-state index in [1.54, 1.807) is 0 Å². The number of hydrogen-bond acceptors (Lipinski definition) is 6. The second-order valence-corrected chi connectivity index (χ2v) is 5.03. The summed E-state index contributed by atoms with van der Waals surface area (Å²) in [6.45, 7) is 0.235. The number of nitrogens with one attached hydrogen (secondary N) is 1. The number of methoxy groups -OCH3 is 1. The van der Waals surface area contributed by atoms with Crippen LogP contribution in [0.1, 0.15) is 19.3 Å². The third-order valence-electron chi connectivity index (χ3n) is 3.85. The number of hydroxylamine groups is 1. The van der Waals surface area contributed by atoms with E-state index in [2.05, 4.69) is 10.2 Å². The largest absolute Gasteiger partial charge is 0.469 e. The number of carbonyl (C=O) groups excluding carboxylic acids is 2. The molecule has 1 saturated carbocycles. The van der Waals surface area contributed by atoms with Crippen LogP contribution in [0, 0.1) is 17.8 Å². The fraction of sp³-hybridized carbons (Fsp3) is 0.692. The Bertz CT molecular complexity index is 381. The minimum absolute atomic E-state index is 0.0965. The summed E-state index contributed by atoms with van der Waals surface area (Å²) in [5, 5.41) is 9.72. The molecule has 0 amide bonds. The van der Waals surface area contributed by atoms with Crippen LogP contribution in [0.15, 0.2) is 11.8 Å². The smallest absolute Gasteiger partial charge is 0.307 e. The van der Waals surface area contributed by atoms with Gasteiger partial charge in [0.2, 0.25) is 0 Å². The van der Waals surface area contributed by atoms with Crippen molar-refractivity contribution in [2.75, 3.05) is 13.7 Å². The number of carbonyl (C=O) groups is 2. The number of aldehydes is 1. The highest BCUT2D eigenvalue weighted by atomic mass is 16.6. The minimum atomic E-state index is -0.523. The van der Waals surface area contributed by atoms with E-state index in [4.69, 9.17) is 4.84 Å². The molecule has 0 aromatic heterocycles. The number of allylic oxidation sites excluding steroid dienone is 2. The van der Waals surface area contributed by atoms with Crippen LogP contribution in [0.25, 0.3) is 0 Å². The van der Waals surface area contributed by atoms with Gasteiger partial charge in [-0.1, -0.05) is 6.08 Å². The third kappa shape index (κ3) is 3.13. The van der Waals surface area contributed by atoms with Crippen LogP contribution in [0.5, 0.6) is 0 Å². The topological polar surface area (TPSA) is 84.9 Å². The molecule has 0 unspecified atom stereocenters. The van der Waals surface area contributed by atoms with Gasteiger partial charge in [0.05, 0.1) is 26.2 Å². The molecule has 6 nitrogen and oxygen atoms in total. The number of esters is 1. The Labute approximate surface area is 111 Å². The van der Waals surface area contributed by atoms with Crippen LogP contribution in [0.3, 0.4) is 0 Å². The van der Waals surface area contributed by atoms with Crippen LogP contribution in [-0.2, 0) is 19.2 Å². The van der Waals surface area contributed by atoms with Crippen molar-refractivity contribution in [2.45, 2.75) is 25.4 Å². The van der Waals surface area contributed by atoms with Crippen molar-refractivity contribution in [3.05, 3.63) is 11.8 Å². The number of rotatable bonds is 6. The van der Waals surface area contributed by atoms with Gasteiger partial charge in [0.1, 0.15) is 6.29 Å². The summed E-state index contributed by atoms with van der Waals surface area (Å²) in [6.07, 6.45) is 3.89. The van der Waals surface area contributed by atoms with Crippen LogP contribution in [0.4, 0.5) is 0 Å². The summed E-state index contributed by atoms with van der Waals surface area (Å²) < 4.78 is 4.50. The van der Waals surface area contributed by atoms with Crippen LogP contribution in [-0.4, -0.2) is 37.2 Å². The quantitative estimate of drug-likeness (QED) is 0.309. The molecule has 0 aromatic rings. The van der Waals surface area contributed by atoms with Crippen molar-refractivity contribution in [1.82, 2.24) is 5.48 Å². The molecule has 0 spiro atoms. The zero-order valence-corrected chi connectivity index (χ0v) is 10.9. The molecule has 6 heteroatoms. The maximum absolute atomic E-state index is 10.9. The van der Waals surface area contributed by atoms with Gasteiger partial charge in [0, 0.05) is 11.6 Å². The summed E-state index contributed by atoms with van der Waals surface area (Å²) in [7, 11) is 1.33. The summed E-state index contributed by atoms with van der Waals surface area (Å²) in [5.41, 5.74) is 3.72. The van der Waals surface area contributed by atoms with Gasteiger partial charge in [0.25, 0.3) is 0 Å². The lowest BCUT2D eigenvalue weighted by Crippen LogP contribution is -2.20. The molecule has 2 rings (SSSR count). The molecule has 2 aliphatic carbocycles. The maximum Gasteiger partial charge on any atom is 0.307 e. The van der Waals surface area contributed by atoms with Crippen molar-refractivity contribution in [3.63, 3.8) is 0 Å². The molecule has 4 atom stereocenters. The van der Waals surface area contributed by atoms with Gasteiger partial charge >= 0.3 is 5.97 Å². The number of aliphatic hydroxyl groups is 1. The number of hydrogen-bond donors (Lipinski definition) is 2. The number of fused-ring (bicyclic) bond motifs is 1. The fourth-order valence-electron chi connectivity index (χ4n) is 2.88. The zero-order chi connectivity index (χ0) is 13.8. The van der Waals surface area contributed by atoms with E-state index in [0.29, 0.717) is 12.3 Å². The Kier molecular flexibility index (Phi) is 4.55. The molecule has 106 valence electrons. The van der Waals surface area contributed by atoms with E-state index >= 15 is 0 Å². The van der Waals surface area contributed by atoms with E-state index in [1.807, 2.05) is 6.08 Å². The van der Waals surface area contributed by atoms with E-state index in [0.717, 1.165) is 18.4 Å². The molecule has 2 N–H and O–H groups in total. The molecule has 0 heterocycles. The van der Waals surface area contributed by atoms with Gasteiger partial charge in [-0.15, -0.1) is 0 Å². The average Bonchev–Trinajstić information content (AvgIpc) is 2.90. The van der Waals surface area contributed by atoms with E-state index < -0.39 is 6.10 Å². The molecule has 0 radical (unpaired) electrons. The van der Waals surface area contributed by atoms with E-state index in [9.17, 15) is 14.7 Å². The van der Waals surface area contributed by atoms with Crippen molar-refractivity contribution >= 4 is 12.3 Å². The molecule has 0 bridgehead atoms. The first-order valence-corrected chi connectivity index (χ1v) is 6.44. The highest BCUT2D eigenvalue weighted by Gasteiger charge is 2.44. The van der Waals surface area contributed by atoms with Crippen molar-refractivity contribution in [1.29, 1.82) is 0 Å². The summed E-state index contributed by atoms with van der Waals surface area (Å²) >= 11 is 0. The lowest BCUT2D eigenvalue weighted by molar-refractivity contribution is -0.142. The Morgan fingerprint density at radius 1 is 1.63 bits per heavy atom.